The van der Waals surface area contributed by atoms with Crippen molar-refractivity contribution in [2.75, 3.05) is 0 Å². The van der Waals surface area contributed by atoms with Crippen LogP contribution < -0.4 is 8.79 Å². The molecule has 0 bridgehead atoms. The summed E-state index contributed by atoms with van der Waals surface area (Å²) < 4.78 is 2.61. The summed E-state index contributed by atoms with van der Waals surface area (Å²) in [6.45, 7) is 0. The van der Waals surface area contributed by atoms with E-state index in [9.17, 15) is 0 Å². The molecule has 2 aromatic carbocycles. The average molecular weight is 297 g/mol. The third-order valence-electron chi connectivity index (χ3n) is 2.10. The molecule has 0 aliphatic heterocycles. The van der Waals surface area contributed by atoms with Gasteiger partial charge in [-0.15, -0.1) is 0 Å². The molecule has 0 aliphatic rings. The van der Waals surface area contributed by atoms with Gasteiger partial charge >= 0.3 is 101 Å². The Morgan fingerprint density at radius 2 is 0.786 bits per heavy atom. The van der Waals surface area contributed by atoms with Gasteiger partial charge in [-0.05, 0) is 0 Å². The predicted octanol–water partition coefficient (Wildman–Crippen LogP) is 0.941. The first-order valence-electron chi connectivity index (χ1n) is 4.39. The maximum atomic E-state index is 2.17. The van der Waals surface area contributed by atoms with Gasteiger partial charge in [-0.3, -0.25) is 0 Å². The zero-order valence-electron chi connectivity index (χ0n) is 7.62. The van der Waals surface area contributed by atoms with E-state index < -0.39 is 0 Å². The van der Waals surface area contributed by atoms with Crippen molar-refractivity contribution in [2.24, 2.45) is 0 Å². The molecule has 0 unspecified atom stereocenters. The Bertz CT molecular complexity index is 372. The fraction of sp³-hybridized carbons (Fsp3) is 0. The first kappa shape index (κ1) is 10.1. The summed E-state index contributed by atoms with van der Waals surface area (Å²) >= 11 is 4.22. The van der Waals surface area contributed by atoms with E-state index in [-0.39, 0.29) is 0 Å². The van der Waals surface area contributed by atoms with Crippen LogP contribution in [0.1, 0.15) is 0 Å². The van der Waals surface area contributed by atoms with E-state index in [0.717, 1.165) is 0 Å². The number of hydrogen-bond donors (Lipinski definition) is 0. The zero-order valence-corrected chi connectivity index (χ0v) is 11.8. The Labute approximate surface area is 101 Å². The maximum absolute atomic E-state index is 2.17. The molecule has 0 atom stereocenters. The van der Waals surface area contributed by atoms with Crippen LogP contribution in [-0.4, -0.2) is 33.0 Å². The molecule has 2 aromatic rings. The fourth-order valence-corrected chi connectivity index (χ4v) is 2.02. The quantitative estimate of drug-likeness (QED) is 0.687. The van der Waals surface area contributed by atoms with Gasteiger partial charge in [0.05, 0.1) is 0 Å². The summed E-state index contributed by atoms with van der Waals surface area (Å²) in [5.41, 5.74) is 2.58. The Morgan fingerprint density at radius 1 is 0.500 bits per heavy atom. The SMILES string of the molecule is [Ge][c]1ccc(-c2cc[c]([Ge])cc2)cc1. The van der Waals surface area contributed by atoms with Crippen LogP contribution in [0, 0.1) is 0 Å². The van der Waals surface area contributed by atoms with Gasteiger partial charge in [-0.2, -0.15) is 0 Å². The monoisotopic (exact) mass is 300 g/mol. The van der Waals surface area contributed by atoms with Crippen molar-refractivity contribution in [2.45, 2.75) is 0 Å². The van der Waals surface area contributed by atoms with Crippen LogP contribution in [0.4, 0.5) is 0 Å². The van der Waals surface area contributed by atoms with Crippen LogP contribution in [0.3, 0.4) is 0 Å². The van der Waals surface area contributed by atoms with Gasteiger partial charge in [0.25, 0.3) is 0 Å². The van der Waals surface area contributed by atoms with Gasteiger partial charge in [-0.25, -0.2) is 0 Å². The molecule has 0 aliphatic carbocycles. The number of hydrogen-bond acceptors (Lipinski definition) is 0. The van der Waals surface area contributed by atoms with E-state index in [1.54, 1.807) is 0 Å². The molecule has 0 saturated heterocycles. The fourth-order valence-electron chi connectivity index (χ4n) is 1.33. The molecule has 2 heteroatoms. The summed E-state index contributed by atoms with van der Waals surface area (Å²) in [6, 6.07) is 17.3. The predicted molar refractivity (Wildman–Crippen MR) is 62.7 cm³/mol. The molecule has 0 aromatic heterocycles. The third-order valence-corrected chi connectivity index (χ3v) is 3.50. The van der Waals surface area contributed by atoms with Crippen LogP contribution in [0.5, 0.6) is 0 Å². The summed E-state index contributed by atoms with van der Waals surface area (Å²) in [6.07, 6.45) is 0. The van der Waals surface area contributed by atoms with Crippen LogP contribution >= 0.6 is 0 Å². The molecule has 64 valence electrons. The van der Waals surface area contributed by atoms with Gasteiger partial charge in [0.1, 0.15) is 0 Å². The second-order valence-electron chi connectivity index (χ2n) is 3.15. The number of benzene rings is 2. The molecule has 0 N–H and O–H groups in total. The average Bonchev–Trinajstić information content (AvgIpc) is 2.21. The Hall–Kier alpha value is -0.474. The van der Waals surface area contributed by atoms with Crippen LogP contribution in [-0.2, 0) is 0 Å². The Balaban J connectivity index is 2.40. The summed E-state index contributed by atoms with van der Waals surface area (Å²) in [7, 11) is 0. The van der Waals surface area contributed by atoms with Crippen molar-refractivity contribution in [3.63, 3.8) is 0 Å². The molecule has 0 fully saturated rings. The van der Waals surface area contributed by atoms with Crippen LogP contribution in [0.2, 0.25) is 0 Å². The molecular formula is C12H8Ge2. The molecule has 0 spiro atoms. The third kappa shape index (κ3) is 2.31. The van der Waals surface area contributed by atoms with Gasteiger partial charge in [0.15, 0.2) is 0 Å². The molecule has 2 rings (SSSR count). The Kier molecular flexibility index (Phi) is 3.14. The summed E-state index contributed by atoms with van der Waals surface area (Å²) in [4.78, 5) is 0. The van der Waals surface area contributed by atoms with Crippen molar-refractivity contribution < 1.29 is 0 Å². The zero-order chi connectivity index (χ0) is 9.97. The van der Waals surface area contributed by atoms with Crippen molar-refractivity contribution in [1.82, 2.24) is 0 Å². The van der Waals surface area contributed by atoms with Gasteiger partial charge in [-0.1, -0.05) is 0 Å². The van der Waals surface area contributed by atoms with E-state index in [2.05, 4.69) is 81.6 Å². The van der Waals surface area contributed by atoms with Crippen molar-refractivity contribution in [3.8, 4) is 11.1 Å². The van der Waals surface area contributed by atoms with Crippen molar-refractivity contribution >= 4 is 41.8 Å². The summed E-state index contributed by atoms with van der Waals surface area (Å²) in [5.74, 6) is 0. The molecule has 0 heterocycles. The van der Waals surface area contributed by atoms with Crippen molar-refractivity contribution in [3.05, 3.63) is 48.5 Å². The van der Waals surface area contributed by atoms with E-state index in [1.165, 1.54) is 19.9 Å². The summed E-state index contributed by atoms with van der Waals surface area (Å²) in [5, 5.41) is 0. The standard InChI is InChI=1S/C12H8Ge2/c13-11-5-1-9(2-6-11)10-3-7-12(14)8-4-10/h1-8H. The minimum atomic E-state index is 1.29. The number of rotatable bonds is 1. The minimum absolute atomic E-state index is 1.29. The normalized spacial score (nSPS) is 10.1. The Morgan fingerprint density at radius 3 is 1.07 bits per heavy atom. The van der Waals surface area contributed by atoms with E-state index in [4.69, 9.17) is 0 Å². The topological polar surface area (TPSA) is 0 Å². The van der Waals surface area contributed by atoms with Gasteiger partial charge < -0.3 is 0 Å². The molecule has 0 saturated carbocycles. The molecule has 14 heavy (non-hydrogen) atoms. The van der Waals surface area contributed by atoms with Crippen LogP contribution in [0.15, 0.2) is 48.5 Å². The molecule has 6 radical (unpaired) electrons. The van der Waals surface area contributed by atoms with Crippen LogP contribution in [0.25, 0.3) is 11.1 Å². The van der Waals surface area contributed by atoms with E-state index in [0.29, 0.717) is 0 Å². The molecule has 0 amide bonds. The molecule has 0 nitrogen and oxygen atoms in total. The van der Waals surface area contributed by atoms with Gasteiger partial charge in [0, 0.05) is 0 Å². The first-order chi connectivity index (χ1) is 6.75. The van der Waals surface area contributed by atoms with Crippen molar-refractivity contribution in [1.29, 1.82) is 0 Å². The van der Waals surface area contributed by atoms with E-state index in [1.807, 2.05) is 0 Å². The first-order valence-corrected chi connectivity index (χ1v) is 6.49. The second-order valence-corrected chi connectivity index (χ2v) is 5.58. The van der Waals surface area contributed by atoms with Gasteiger partial charge in [0.2, 0.25) is 0 Å². The molecular weight excluding hydrogens is 289 g/mol. The van der Waals surface area contributed by atoms with E-state index >= 15 is 0 Å². The second kappa shape index (κ2) is 4.36.